The van der Waals surface area contributed by atoms with Gasteiger partial charge in [0.2, 0.25) is 0 Å². The normalized spacial score (nSPS) is 17.8. The van der Waals surface area contributed by atoms with Crippen LogP contribution in [0.5, 0.6) is 0 Å². The molecule has 1 atom stereocenters. The minimum atomic E-state index is -0.253. The molecule has 1 heterocycles. The second kappa shape index (κ2) is 5.69. The van der Waals surface area contributed by atoms with E-state index in [9.17, 15) is 9.59 Å². The van der Waals surface area contributed by atoms with E-state index in [1.807, 2.05) is 37.3 Å². The molecule has 4 nitrogen and oxygen atoms in total. The topological polar surface area (TPSA) is 44.0 Å². The fourth-order valence-corrected chi connectivity index (χ4v) is 3.33. The van der Waals surface area contributed by atoms with Crippen molar-refractivity contribution in [1.29, 1.82) is 0 Å². The standard InChI is InChI=1S/C16H16N2O2S/c1-12-6-5-7-13(10-12)11-17-15(19)18(21-16(17)20)14-8-3-2-4-9-14/h2-6,8-10,13H,7,11H2,1H3. The fraction of sp³-hybridized carbons (Fsp3) is 0.250. The van der Waals surface area contributed by atoms with E-state index in [2.05, 4.69) is 18.2 Å². The molecular formula is C16H16N2O2S. The van der Waals surface area contributed by atoms with Crippen LogP contribution in [0.15, 0.2) is 63.7 Å². The van der Waals surface area contributed by atoms with Gasteiger partial charge in [-0.15, -0.1) is 0 Å². The maximum absolute atomic E-state index is 12.4. The Morgan fingerprint density at radius 1 is 1.24 bits per heavy atom. The summed E-state index contributed by atoms with van der Waals surface area (Å²) in [6, 6.07) is 9.25. The average molecular weight is 300 g/mol. The average Bonchev–Trinajstić information content (AvgIpc) is 2.76. The molecule has 1 aliphatic rings. The number of hydrogen-bond donors (Lipinski definition) is 0. The van der Waals surface area contributed by atoms with Crippen molar-refractivity contribution in [2.24, 2.45) is 5.92 Å². The van der Waals surface area contributed by atoms with Gasteiger partial charge in [0.1, 0.15) is 0 Å². The van der Waals surface area contributed by atoms with Gasteiger partial charge in [0, 0.05) is 18.1 Å². The lowest BCUT2D eigenvalue weighted by Gasteiger charge is -2.14. The summed E-state index contributed by atoms with van der Waals surface area (Å²) in [7, 11) is 0. The second-order valence-electron chi connectivity index (χ2n) is 5.19. The van der Waals surface area contributed by atoms with E-state index in [0.29, 0.717) is 6.54 Å². The quantitative estimate of drug-likeness (QED) is 0.874. The van der Waals surface area contributed by atoms with Crippen LogP contribution in [0.1, 0.15) is 13.3 Å². The molecule has 1 aromatic carbocycles. The highest BCUT2D eigenvalue weighted by atomic mass is 32.1. The molecule has 0 aliphatic heterocycles. The summed E-state index contributed by atoms with van der Waals surface area (Å²) in [5.41, 5.74) is 1.66. The summed E-state index contributed by atoms with van der Waals surface area (Å²) in [4.78, 5) is 24.4. The largest absolute Gasteiger partial charge is 0.345 e. The summed E-state index contributed by atoms with van der Waals surface area (Å²) in [6.07, 6.45) is 7.14. The molecule has 0 saturated carbocycles. The first-order valence-corrected chi connectivity index (χ1v) is 7.66. The molecule has 0 N–H and O–H groups in total. The molecule has 0 saturated heterocycles. The van der Waals surface area contributed by atoms with Crippen molar-refractivity contribution in [1.82, 2.24) is 8.52 Å². The molecule has 1 unspecified atom stereocenters. The zero-order valence-corrected chi connectivity index (χ0v) is 12.5. The van der Waals surface area contributed by atoms with Crippen molar-refractivity contribution < 1.29 is 0 Å². The van der Waals surface area contributed by atoms with Crippen LogP contribution in [0.25, 0.3) is 5.69 Å². The van der Waals surface area contributed by atoms with Crippen molar-refractivity contribution >= 4 is 11.5 Å². The van der Waals surface area contributed by atoms with E-state index in [-0.39, 0.29) is 16.5 Å². The summed E-state index contributed by atoms with van der Waals surface area (Å²) in [5, 5.41) is 0. The van der Waals surface area contributed by atoms with Crippen LogP contribution in [0.4, 0.5) is 0 Å². The summed E-state index contributed by atoms with van der Waals surface area (Å²) in [6.45, 7) is 2.47. The first-order chi connectivity index (χ1) is 10.1. The monoisotopic (exact) mass is 300 g/mol. The Hall–Kier alpha value is -2.14. The van der Waals surface area contributed by atoms with Crippen LogP contribution < -0.4 is 10.6 Å². The molecule has 5 heteroatoms. The van der Waals surface area contributed by atoms with Gasteiger partial charge in [0.05, 0.1) is 5.69 Å². The maximum Gasteiger partial charge on any atom is 0.345 e. The maximum atomic E-state index is 12.4. The van der Waals surface area contributed by atoms with Crippen LogP contribution in [-0.2, 0) is 6.54 Å². The molecular weight excluding hydrogens is 284 g/mol. The predicted octanol–water partition coefficient (Wildman–Crippen LogP) is 2.58. The smallest absolute Gasteiger partial charge is 0.255 e. The molecule has 3 rings (SSSR count). The Labute approximate surface area is 126 Å². The Bertz CT molecular complexity index is 809. The first kappa shape index (κ1) is 13.8. The van der Waals surface area contributed by atoms with Gasteiger partial charge in [-0.3, -0.25) is 4.79 Å². The lowest BCUT2D eigenvalue weighted by Crippen LogP contribution is -2.31. The highest BCUT2D eigenvalue weighted by Gasteiger charge is 2.16. The van der Waals surface area contributed by atoms with Gasteiger partial charge in [-0.05, 0) is 31.4 Å². The van der Waals surface area contributed by atoms with E-state index < -0.39 is 0 Å². The van der Waals surface area contributed by atoms with E-state index in [4.69, 9.17) is 0 Å². The molecule has 0 bridgehead atoms. The Morgan fingerprint density at radius 3 is 2.71 bits per heavy atom. The molecule has 0 fully saturated rings. The zero-order valence-electron chi connectivity index (χ0n) is 11.7. The third kappa shape index (κ3) is 2.83. The minimum absolute atomic E-state index is 0.204. The van der Waals surface area contributed by atoms with Crippen LogP contribution >= 0.6 is 11.5 Å². The number of para-hydroxylation sites is 1. The molecule has 0 spiro atoms. The van der Waals surface area contributed by atoms with Crippen molar-refractivity contribution in [2.45, 2.75) is 19.9 Å². The third-order valence-electron chi connectivity index (χ3n) is 3.52. The number of aromatic nitrogens is 2. The third-order valence-corrected chi connectivity index (χ3v) is 4.45. The highest BCUT2D eigenvalue weighted by molar-refractivity contribution is 7.03. The highest BCUT2D eigenvalue weighted by Crippen LogP contribution is 2.17. The summed E-state index contributed by atoms with van der Waals surface area (Å²) < 4.78 is 2.79. The lowest BCUT2D eigenvalue weighted by molar-refractivity contribution is 0.506. The minimum Gasteiger partial charge on any atom is -0.255 e. The fourth-order valence-electron chi connectivity index (χ4n) is 2.52. The number of hydrogen-bond acceptors (Lipinski definition) is 3. The second-order valence-corrected chi connectivity index (χ2v) is 6.09. The van der Waals surface area contributed by atoms with E-state index >= 15 is 0 Å². The van der Waals surface area contributed by atoms with Gasteiger partial charge in [-0.25, -0.2) is 13.3 Å². The molecule has 108 valence electrons. The van der Waals surface area contributed by atoms with Crippen LogP contribution in [0.2, 0.25) is 0 Å². The summed E-state index contributed by atoms with van der Waals surface area (Å²) in [5.74, 6) is 0.208. The SMILES string of the molecule is CC1=CC(Cn2c(=O)sn(-c3ccccc3)c2=O)CC=C1. The van der Waals surface area contributed by atoms with Gasteiger partial charge >= 0.3 is 10.6 Å². The van der Waals surface area contributed by atoms with E-state index in [1.54, 1.807) is 0 Å². The molecule has 1 aromatic heterocycles. The van der Waals surface area contributed by atoms with Crippen molar-refractivity contribution in [3.63, 3.8) is 0 Å². The first-order valence-electron chi connectivity index (χ1n) is 6.89. The van der Waals surface area contributed by atoms with Crippen molar-refractivity contribution in [3.8, 4) is 5.69 Å². The molecule has 2 aromatic rings. The van der Waals surface area contributed by atoms with E-state index in [1.165, 1.54) is 14.1 Å². The molecule has 21 heavy (non-hydrogen) atoms. The van der Waals surface area contributed by atoms with Gasteiger partial charge in [0.25, 0.3) is 0 Å². The van der Waals surface area contributed by atoms with Gasteiger partial charge in [-0.2, -0.15) is 0 Å². The molecule has 0 radical (unpaired) electrons. The van der Waals surface area contributed by atoms with Gasteiger partial charge in [0.15, 0.2) is 0 Å². The Morgan fingerprint density at radius 2 is 2.00 bits per heavy atom. The summed E-state index contributed by atoms with van der Waals surface area (Å²) >= 11 is 0.956. The van der Waals surface area contributed by atoms with Gasteiger partial charge < -0.3 is 0 Å². The van der Waals surface area contributed by atoms with Crippen LogP contribution in [0, 0.1) is 5.92 Å². The predicted molar refractivity (Wildman–Crippen MR) is 85.2 cm³/mol. The van der Waals surface area contributed by atoms with Crippen LogP contribution in [0.3, 0.4) is 0 Å². The van der Waals surface area contributed by atoms with E-state index in [0.717, 1.165) is 23.6 Å². The Balaban J connectivity index is 1.95. The van der Waals surface area contributed by atoms with Gasteiger partial charge in [-0.1, -0.05) is 42.0 Å². The Kier molecular flexibility index (Phi) is 3.75. The number of allylic oxidation sites excluding steroid dienone is 4. The van der Waals surface area contributed by atoms with Crippen molar-refractivity contribution in [2.75, 3.05) is 0 Å². The van der Waals surface area contributed by atoms with Crippen LogP contribution in [-0.4, -0.2) is 8.52 Å². The number of rotatable bonds is 3. The lowest BCUT2D eigenvalue weighted by atomic mass is 9.97. The van der Waals surface area contributed by atoms with Crippen molar-refractivity contribution in [3.05, 3.63) is 74.3 Å². The number of benzene rings is 1. The molecule has 0 amide bonds. The molecule has 1 aliphatic carbocycles. The number of nitrogens with zero attached hydrogens (tertiary/aromatic N) is 2. The zero-order chi connectivity index (χ0) is 14.8.